The molecule has 2 rings (SSSR count). The van der Waals surface area contributed by atoms with Gasteiger partial charge in [0.05, 0.1) is 17.2 Å². The average Bonchev–Trinajstić information content (AvgIpc) is 2.69. The van der Waals surface area contributed by atoms with E-state index in [2.05, 4.69) is 10.6 Å². The summed E-state index contributed by atoms with van der Waals surface area (Å²) in [5.41, 5.74) is -1.53. The highest BCUT2D eigenvalue weighted by molar-refractivity contribution is 6.31. The number of rotatable bonds is 5. The molecule has 0 unspecified atom stereocenters. The molecule has 0 aromatic heterocycles. The van der Waals surface area contributed by atoms with E-state index >= 15 is 0 Å². The van der Waals surface area contributed by atoms with Crippen molar-refractivity contribution in [2.45, 2.75) is 32.0 Å². The van der Waals surface area contributed by atoms with Gasteiger partial charge in [-0.15, -0.1) is 0 Å². The Kier molecular flexibility index (Phi) is 7.94. The highest BCUT2D eigenvalue weighted by Crippen LogP contribution is 2.36. The first-order chi connectivity index (χ1) is 14.2. The van der Waals surface area contributed by atoms with E-state index in [0.29, 0.717) is 38.6 Å². The van der Waals surface area contributed by atoms with Crippen molar-refractivity contribution in [2.75, 3.05) is 25.0 Å². The lowest BCUT2D eigenvalue weighted by molar-refractivity contribution is -0.137. The quantitative estimate of drug-likeness (QED) is 0.530. The van der Waals surface area contributed by atoms with Crippen molar-refractivity contribution < 1.29 is 27.5 Å². The second-order valence-electron chi connectivity index (χ2n) is 6.44. The Morgan fingerprint density at radius 2 is 2.03 bits per heavy atom. The van der Waals surface area contributed by atoms with Gasteiger partial charge in [0.15, 0.2) is 0 Å². The highest BCUT2D eigenvalue weighted by atomic mass is 35.5. The first kappa shape index (κ1) is 23.3. The molecule has 0 atom stereocenters. The van der Waals surface area contributed by atoms with Crippen LogP contribution in [0.1, 0.15) is 25.3 Å². The number of likely N-dealkylation sites (tertiary alicyclic amines) is 1. The monoisotopic (exact) mass is 444 g/mol. The molecule has 0 aliphatic carbocycles. The summed E-state index contributed by atoms with van der Waals surface area (Å²) in [5, 5.41) is 13.9. The van der Waals surface area contributed by atoms with Crippen molar-refractivity contribution in [3.05, 3.63) is 40.6 Å². The number of hydrogen-bond acceptors (Lipinski definition) is 5. The van der Waals surface area contributed by atoms with Crippen LogP contribution in [0.2, 0.25) is 5.02 Å². The standard InChI is InChI=1S/C19H20ClF3N4O3/c1-2-30-18(29)27-7-5-13(6-8-27)25-11-12(10-24)17(28)26-14-3-4-16(20)15(9-14)19(21,22)23/h3-4,9,11,13,25H,2,5-8H2,1H3,(H,26,28)/b12-11-. The van der Waals surface area contributed by atoms with E-state index in [1.807, 2.05) is 0 Å². The number of nitrogens with one attached hydrogen (secondary N) is 2. The lowest BCUT2D eigenvalue weighted by Gasteiger charge is -2.31. The van der Waals surface area contributed by atoms with Gasteiger partial charge in [0.25, 0.3) is 5.91 Å². The lowest BCUT2D eigenvalue weighted by Crippen LogP contribution is -2.44. The Bertz CT molecular complexity index is 860. The van der Waals surface area contributed by atoms with Gasteiger partial charge in [0.1, 0.15) is 11.6 Å². The van der Waals surface area contributed by atoms with Gasteiger partial charge in [0, 0.05) is 31.0 Å². The second kappa shape index (κ2) is 10.2. The molecule has 162 valence electrons. The molecule has 0 spiro atoms. The van der Waals surface area contributed by atoms with E-state index in [1.54, 1.807) is 17.9 Å². The number of anilines is 1. The van der Waals surface area contributed by atoms with Gasteiger partial charge in [-0.25, -0.2) is 4.79 Å². The molecule has 1 aromatic carbocycles. The maximum absolute atomic E-state index is 12.9. The first-order valence-corrected chi connectivity index (χ1v) is 9.49. The van der Waals surface area contributed by atoms with Gasteiger partial charge in [-0.2, -0.15) is 18.4 Å². The van der Waals surface area contributed by atoms with Crippen LogP contribution in [-0.4, -0.2) is 42.6 Å². The third-order valence-electron chi connectivity index (χ3n) is 4.38. The van der Waals surface area contributed by atoms with Gasteiger partial charge in [-0.3, -0.25) is 4.79 Å². The van der Waals surface area contributed by atoms with Gasteiger partial charge < -0.3 is 20.3 Å². The lowest BCUT2D eigenvalue weighted by atomic mass is 10.1. The molecule has 7 nitrogen and oxygen atoms in total. The van der Waals surface area contributed by atoms with Crippen LogP contribution in [-0.2, 0) is 15.7 Å². The van der Waals surface area contributed by atoms with Gasteiger partial charge in [0.2, 0.25) is 0 Å². The van der Waals surface area contributed by atoms with E-state index in [-0.39, 0.29) is 23.4 Å². The molecule has 1 aliphatic rings. The van der Waals surface area contributed by atoms with Crippen LogP contribution < -0.4 is 10.6 Å². The third-order valence-corrected chi connectivity index (χ3v) is 4.71. The zero-order valence-electron chi connectivity index (χ0n) is 16.1. The molecule has 1 aliphatic heterocycles. The molecule has 1 heterocycles. The molecule has 2 N–H and O–H groups in total. The van der Waals surface area contributed by atoms with Crippen LogP contribution in [0, 0.1) is 11.3 Å². The normalized spacial score (nSPS) is 15.3. The summed E-state index contributed by atoms with van der Waals surface area (Å²) in [6.45, 7) is 2.94. The van der Waals surface area contributed by atoms with Crippen molar-refractivity contribution in [1.82, 2.24) is 10.2 Å². The fourth-order valence-electron chi connectivity index (χ4n) is 2.81. The smallest absolute Gasteiger partial charge is 0.417 e. The Labute approximate surface area is 176 Å². The molecular formula is C19H20ClF3N4O3. The number of hydrogen-bond donors (Lipinski definition) is 2. The summed E-state index contributed by atoms with van der Waals surface area (Å²) in [6, 6.07) is 4.58. The van der Waals surface area contributed by atoms with Gasteiger partial charge in [-0.05, 0) is 38.0 Å². The molecule has 11 heteroatoms. The van der Waals surface area contributed by atoms with Crippen LogP contribution in [0.4, 0.5) is 23.7 Å². The predicted molar refractivity (Wildman–Crippen MR) is 104 cm³/mol. The summed E-state index contributed by atoms with van der Waals surface area (Å²) >= 11 is 5.55. The van der Waals surface area contributed by atoms with Crippen LogP contribution in [0.3, 0.4) is 0 Å². The Morgan fingerprint density at radius 3 is 2.60 bits per heavy atom. The van der Waals surface area contributed by atoms with E-state index in [0.717, 1.165) is 6.07 Å². The molecular weight excluding hydrogens is 425 g/mol. The summed E-state index contributed by atoms with van der Waals surface area (Å²) < 4.78 is 43.7. The summed E-state index contributed by atoms with van der Waals surface area (Å²) in [7, 11) is 0. The summed E-state index contributed by atoms with van der Waals surface area (Å²) in [5.74, 6) is -0.857. The maximum atomic E-state index is 12.9. The number of carbonyl (C=O) groups is 2. The number of halogens is 4. The van der Waals surface area contributed by atoms with Crippen LogP contribution in [0.5, 0.6) is 0 Å². The van der Waals surface area contributed by atoms with Crippen molar-refractivity contribution in [1.29, 1.82) is 5.26 Å². The number of benzene rings is 1. The SMILES string of the molecule is CCOC(=O)N1CCC(N/C=C(/C#N)C(=O)Nc2ccc(Cl)c(C(F)(F)F)c2)CC1. The Morgan fingerprint density at radius 1 is 1.37 bits per heavy atom. The Hall–Kier alpha value is -2.93. The molecule has 0 bridgehead atoms. The molecule has 30 heavy (non-hydrogen) atoms. The topological polar surface area (TPSA) is 94.5 Å². The van der Waals surface area contributed by atoms with Gasteiger partial charge >= 0.3 is 12.3 Å². The Balaban J connectivity index is 1.97. The third kappa shape index (κ3) is 6.29. The number of amides is 2. The van der Waals surface area contributed by atoms with E-state index in [1.165, 1.54) is 12.3 Å². The number of nitriles is 1. The summed E-state index contributed by atoms with van der Waals surface area (Å²) in [4.78, 5) is 25.5. The molecule has 2 amide bonds. The number of ether oxygens (including phenoxy) is 1. The number of nitrogens with zero attached hydrogens (tertiary/aromatic N) is 2. The highest BCUT2D eigenvalue weighted by Gasteiger charge is 2.33. The molecule has 1 aromatic rings. The van der Waals surface area contributed by atoms with Crippen molar-refractivity contribution in [3.63, 3.8) is 0 Å². The summed E-state index contributed by atoms with van der Waals surface area (Å²) in [6.07, 6.45) is -2.67. The number of alkyl halides is 3. The second-order valence-corrected chi connectivity index (χ2v) is 6.85. The number of piperidine rings is 1. The number of carbonyl (C=O) groups excluding carboxylic acids is 2. The van der Waals surface area contributed by atoms with Crippen molar-refractivity contribution >= 4 is 29.3 Å². The van der Waals surface area contributed by atoms with Crippen LogP contribution in [0.25, 0.3) is 0 Å². The zero-order valence-corrected chi connectivity index (χ0v) is 16.8. The first-order valence-electron chi connectivity index (χ1n) is 9.11. The van der Waals surface area contributed by atoms with E-state index in [4.69, 9.17) is 16.3 Å². The van der Waals surface area contributed by atoms with E-state index in [9.17, 15) is 28.0 Å². The minimum atomic E-state index is -4.67. The van der Waals surface area contributed by atoms with Crippen molar-refractivity contribution in [2.24, 2.45) is 0 Å². The maximum Gasteiger partial charge on any atom is 0.417 e. The molecule has 0 saturated carbocycles. The van der Waals surface area contributed by atoms with Crippen LogP contribution >= 0.6 is 11.6 Å². The largest absolute Gasteiger partial charge is 0.450 e. The fourth-order valence-corrected chi connectivity index (χ4v) is 3.04. The fraction of sp³-hybridized carbons (Fsp3) is 0.421. The predicted octanol–water partition coefficient (Wildman–Crippen LogP) is 3.92. The van der Waals surface area contributed by atoms with Gasteiger partial charge in [-0.1, -0.05) is 11.6 Å². The van der Waals surface area contributed by atoms with E-state index < -0.39 is 22.7 Å². The average molecular weight is 445 g/mol. The molecule has 0 radical (unpaired) electrons. The zero-order chi connectivity index (χ0) is 22.3. The van der Waals surface area contributed by atoms with Crippen molar-refractivity contribution in [3.8, 4) is 6.07 Å². The minimum absolute atomic E-state index is 0.0702. The molecule has 1 saturated heterocycles. The minimum Gasteiger partial charge on any atom is -0.450 e. The molecule has 1 fully saturated rings. The van der Waals surface area contributed by atoms with Crippen LogP contribution in [0.15, 0.2) is 30.0 Å².